The Balaban J connectivity index is 1.68. The minimum absolute atomic E-state index is 0.111. The van der Waals surface area contributed by atoms with Crippen LogP contribution in [-0.2, 0) is 4.74 Å². The third-order valence-electron chi connectivity index (χ3n) is 4.35. The van der Waals surface area contributed by atoms with Crippen LogP contribution >= 0.6 is 11.3 Å². The van der Waals surface area contributed by atoms with Crippen molar-refractivity contribution in [3.8, 4) is 0 Å². The van der Waals surface area contributed by atoms with Crippen LogP contribution in [0, 0.1) is 0 Å². The molecule has 0 aliphatic heterocycles. The number of hydrogen-bond acceptors (Lipinski definition) is 5. The van der Waals surface area contributed by atoms with Gasteiger partial charge in [-0.3, -0.25) is 10.1 Å². The van der Waals surface area contributed by atoms with Crippen molar-refractivity contribution in [3.63, 3.8) is 0 Å². The first-order valence-electron chi connectivity index (χ1n) is 9.37. The van der Waals surface area contributed by atoms with E-state index in [2.05, 4.69) is 10.3 Å². The number of anilines is 1. The van der Waals surface area contributed by atoms with Crippen molar-refractivity contribution in [3.05, 3.63) is 59.1 Å². The van der Waals surface area contributed by atoms with E-state index in [0.717, 1.165) is 15.2 Å². The van der Waals surface area contributed by atoms with Crippen LogP contribution in [0.15, 0.2) is 48.5 Å². The Kier molecular flexibility index (Phi) is 5.88. The fourth-order valence-electron chi connectivity index (χ4n) is 2.73. The zero-order valence-corrected chi connectivity index (χ0v) is 18.0. The number of carbonyl (C=O) groups is 2. The quantitative estimate of drug-likeness (QED) is 0.617. The van der Waals surface area contributed by atoms with Crippen LogP contribution in [0.1, 0.15) is 49.1 Å². The molecule has 1 heterocycles. The molecule has 0 spiro atoms. The monoisotopic (exact) mass is 411 g/mol. The highest BCUT2D eigenvalue weighted by Gasteiger charge is 2.22. The number of amides is 2. The van der Waals surface area contributed by atoms with E-state index in [1.54, 1.807) is 68.3 Å². The van der Waals surface area contributed by atoms with E-state index in [-0.39, 0.29) is 11.9 Å². The summed E-state index contributed by atoms with van der Waals surface area (Å²) in [6.45, 7) is 7.37. The maximum Gasteiger partial charge on any atom is 0.412 e. The van der Waals surface area contributed by atoms with Crippen molar-refractivity contribution in [1.29, 1.82) is 0 Å². The number of fused-ring (bicyclic) bond motifs is 1. The van der Waals surface area contributed by atoms with E-state index in [4.69, 9.17) is 4.74 Å². The first-order valence-corrected chi connectivity index (χ1v) is 10.2. The molecule has 0 fully saturated rings. The van der Waals surface area contributed by atoms with E-state index < -0.39 is 11.7 Å². The molecule has 2 aromatic carbocycles. The zero-order chi connectivity index (χ0) is 21.2. The Hall–Kier alpha value is -2.93. The Bertz CT molecular complexity index is 989. The minimum atomic E-state index is -0.570. The minimum Gasteiger partial charge on any atom is -0.444 e. The summed E-state index contributed by atoms with van der Waals surface area (Å²) in [4.78, 5) is 31.1. The van der Waals surface area contributed by atoms with Gasteiger partial charge in [0.2, 0.25) is 0 Å². The van der Waals surface area contributed by atoms with Gasteiger partial charge in [0.25, 0.3) is 5.91 Å². The maximum absolute atomic E-state index is 12.9. The van der Waals surface area contributed by atoms with Crippen molar-refractivity contribution in [2.75, 3.05) is 12.4 Å². The SMILES string of the molecule is C[C@@H](c1nc2ccccc2s1)N(C)C(=O)c1ccc(NC(=O)OC(C)(C)C)cc1. The smallest absolute Gasteiger partial charge is 0.412 e. The second-order valence-corrected chi connectivity index (χ2v) is 8.88. The molecule has 1 N–H and O–H groups in total. The average molecular weight is 412 g/mol. The highest BCUT2D eigenvalue weighted by molar-refractivity contribution is 7.18. The molecule has 0 unspecified atom stereocenters. The molecule has 0 aliphatic carbocycles. The van der Waals surface area contributed by atoms with Crippen LogP contribution in [0.2, 0.25) is 0 Å². The summed E-state index contributed by atoms with van der Waals surface area (Å²) in [7, 11) is 1.77. The number of nitrogens with one attached hydrogen (secondary N) is 1. The fourth-order valence-corrected chi connectivity index (χ4v) is 3.79. The van der Waals surface area contributed by atoms with E-state index in [0.29, 0.717) is 11.3 Å². The molecule has 152 valence electrons. The van der Waals surface area contributed by atoms with Crippen LogP contribution in [-0.4, -0.2) is 34.5 Å². The maximum atomic E-state index is 12.9. The van der Waals surface area contributed by atoms with Gasteiger partial charge < -0.3 is 9.64 Å². The lowest BCUT2D eigenvalue weighted by Crippen LogP contribution is -2.29. The highest BCUT2D eigenvalue weighted by atomic mass is 32.1. The van der Waals surface area contributed by atoms with Gasteiger partial charge >= 0.3 is 6.09 Å². The molecule has 29 heavy (non-hydrogen) atoms. The van der Waals surface area contributed by atoms with Gasteiger partial charge in [-0.1, -0.05) is 12.1 Å². The topological polar surface area (TPSA) is 71.5 Å². The standard InChI is InChI=1S/C22H25N3O3S/c1-14(19-24-17-8-6-7-9-18(17)29-19)25(5)20(26)15-10-12-16(13-11-15)23-21(27)28-22(2,3)4/h6-14H,1-5H3,(H,23,27)/t14-/m0/s1. The second kappa shape index (κ2) is 8.21. The first-order chi connectivity index (χ1) is 13.6. The number of rotatable bonds is 4. The molecule has 3 rings (SSSR count). The summed E-state index contributed by atoms with van der Waals surface area (Å²) in [5.41, 5.74) is 1.48. The molecule has 1 atom stereocenters. The number of ether oxygens (including phenoxy) is 1. The Morgan fingerprint density at radius 3 is 2.38 bits per heavy atom. The Morgan fingerprint density at radius 2 is 1.76 bits per heavy atom. The van der Waals surface area contributed by atoms with Gasteiger partial charge in [0.1, 0.15) is 10.6 Å². The van der Waals surface area contributed by atoms with E-state index >= 15 is 0 Å². The molecule has 6 nitrogen and oxygen atoms in total. The number of nitrogens with zero attached hydrogens (tertiary/aromatic N) is 2. The summed E-state index contributed by atoms with van der Waals surface area (Å²) in [5.74, 6) is -0.111. The molecule has 0 bridgehead atoms. The van der Waals surface area contributed by atoms with Crippen molar-refractivity contribution < 1.29 is 14.3 Å². The summed E-state index contributed by atoms with van der Waals surface area (Å²) in [5, 5.41) is 3.56. The number of hydrogen-bond donors (Lipinski definition) is 1. The molecule has 7 heteroatoms. The van der Waals surface area contributed by atoms with Crippen LogP contribution < -0.4 is 5.32 Å². The van der Waals surface area contributed by atoms with E-state index in [1.807, 2.05) is 31.2 Å². The molecular formula is C22H25N3O3S. The fraction of sp³-hybridized carbons (Fsp3) is 0.318. The van der Waals surface area contributed by atoms with E-state index in [9.17, 15) is 9.59 Å². The van der Waals surface area contributed by atoms with Crippen molar-refractivity contribution >= 4 is 39.2 Å². The molecular weight excluding hydrogens is 386 g/mol. The lowest BCUT2D eigenvalue weighted by Gasteiger charge is -2.23. The lowest BCUT2D eigenvalue weighted by atomic mass is 10.1. The first kappa shape index (κ1) is 20.8. The summed E-state index contributed by atoms with van der Waals surface area (Å²) in [6, 6.07) is 14.5. The molecule has 0 aliphatic rings. The van der Waals surface area contributed by atoms with E-state index in [1.165, 1.54) is 0 Å². The summed E-state index contributed by atoms with van der Waals surface area (Å²) in [6.07, 6.45) is -0.529. The Labute approximate surface area is 174 Å². The van der Waals surface area contributed by atoms with Gasteiger partial charge in [0.15, 0.2) is 0 Å². The lowest BCUT2D eigenvalue weighted by molar-refractivity contribution is 0.0635. The van der Waals surface area contributed by atoms with Gasteiger partial charge in [-0.15, -0.1) is 11.3 Å². The normalized spacial score (nSPS) is 12.4. The van der Waals surface area contributed by atoms with Crippen LogP contribution in [0.4, 0.5) is 10.5 Å². The van der Waals surface area contributed by atoms with Gasteiger partial charge in [-0.2, -0.15) is 0 Å². The largest absolute Gasteiger partial charge is 0.444 e. The van der Waals surface area contributed by atoms with Crippen LogP contribution in [0.3, 0.4) is 0 Å². The number of thiazole rings is 1. The predicted octanol–water partition coefficient (Wildman–Crippen LogP) is 5.48. The van der Waals surface area contributed by atoms with Gasteiger partial charge in [0, 0.05) is 18.3 Å². The molecule has 3 aromatic rings. The third-order valence-corrected chi connectivity index (χ3v) is 5.55. The Morgan fingerprint density at radius 1 is 1.10 bits per heavy atom. The summed E-state index contributed by atoms with van der Waals surface area (Å²) >= 11 is 1.59. The predicted molar refractivity (Wildman–Crippen MR) is 116 cm³/mol. The van der Waals surface area contributed by atoms with Crippen molar-refractivity contribution in [2.45, 2.75) is 39.3 Å². The molecule has 1 aromatic heterocycles. The van der Waals surface area contributed by atoms with Gasteiger partial charge in [-0.05, 0) is 64.1 Å². The zero-order valence-electron chi connectivity index (χ0n) is 17.2. The molecule has 0 radical (unpaired) electrons. The number of aromatic nitrogens is 1. The third kappa shape index (κ3) is 5.12. The van der Waals surface area contributed by atoms with Gasteiger partial charge in [0.05, 0.1) is 16.3 Å². The average Bonchev–Trinajstić information content (AvgIpc) is 3.09. The van der Waals surface area contributed by atoms with Gasteiger partial charge in [-0.25, -0.2) is 9.78 Å². The van der Waals surface area contributed by atoms with Crippen LogP contribution in [0.25, 0.3) is 10.2 Å². The number of benzene rings is 2. The second-order valence-electron chi connectivity index (χ2n) is 7.82. The number of carbonyl (C=O) groups excluding carboxylic acids is 2. The highest BCUT2D eigenvalue weighted by Crippen LogP contribution is 2.29. The van der Waals surface area contributed by atoms with Crippen LogP contribution in [0.5, 0.6) is 0 Å². The molecule has 0 saturated heterocycles. The van der Waals surface area contributed by atoms with Crippen molar-refractivity contribution in [2.24, 2.45) is 0 Å². The summed E-state index contributed by atoms with van der Waals surface area (Å²) < 4.78 is 6.34. The number of para-hydroxylation sites is 1. The van der Waals surface area contributed by atoms with Crippen molar-refractivity contribution in [1.82, 2.24) is 9.88 Å². The molecule has 0 saturated carbocycles. The molecule has 2 amide bonds.